The highest BCUT2D eigenvalue weighted by Gasteiger charge is 2.09. The third kappa shape index (κ3) is 2.76. The van der Waals surface area contributed by atoms with E-state index in [-0.39, 0.29) is 17.1 Å². The Morgan fingerprint density at radius 3 is 2.72 bits per heavy atom. The molecule has 18 heavy (non-hydrogen) atoms. The van der Waals surface area contributed by atoms with Gasteiger partial charge < -0.3 is 15.6 Å². The first-order chi connectivity index (χ1) is 8.66. The quantitative estimate of drug-likeness (QED) is 0.858. The number of pyridine rings is 1. The summed E-state index contributed by atoms with van der Waals surface area (Å²) in [6, 6.07) is 10.9. The van der Waals surface area contributed by atoms with Crippen molar-refractivity contribution in [2.24, 2.45) is 0 Å². The smallest absolute Gasteiger partial charge is 0.337 e. The maximum Gasteiger partial charge on any atom is 0.337 e. The molecule has 0 aliphatic rings. The average Bonchev–Trinajstić information content (AvgIpc) is 2.38. The number of aromatic carboxylic acids is 1. The van der Waals surface area contributed by atoms with Crippen LogP contribution in [0.4, 0.5) is 5.82 Å². The van der Waals surface area contributed by atoms with E-state index >= 15 is 0 Å². The predicted molar refractivity (Wildman–Crippen MR) is 66.4 cm³/mol. The van der Waals surface area contributed by atoms with E-state index in [2.05, 4.69) is 4.98 Å². The number of nitrogens with zero attached hydrogens (tertiary/aromatic N) is 1. The van der Waals surface area contributed by atoms with Gasteiger partial charge in [0, 0.05) is 12.3 Å². The van der Waals surface area contributed by atoms with E-state index < -0.39 is 5.97 Å². The molecule has 92 valence electrons. The van der Waals surface area contributed by atoms with Crippen molar-refractivity contribution < 1.29 is 14.6 Å². The Hall–Kier alpha value is -2.56. The number of nitrogens with two attached hydrogens (primary N) is 1. The number of hydrogen-bond donors (Lipinski definition) is 2. The molecule has 1 aromatic heterocycles. The van der Waals surface area contributed by atoms with E-state index in [1.54, 1.807) is 0 Å². The molecule has 1 heterocycles. The first-order valence-corrected chi connectivity index (χ1v) is 5.32. The fourth-order valence-corrected chi connectivity index (χ4v) is 1.42. The van der Waals surface area contributed by atoms with Crippen molar-refractivity contribution in [3.63, 3.8) is 0 Å². The molecular weight excluding hydrogens is 232 g/mol. The van der Waals surface area contributed by atoms with Crippen LogP contribution >= 0.6 is 0 Å². The molecule has 0 fully saturated rings. The lowest BCUT2D eigenvalue weighted by atomic mass is 10.2. The third-order valence-corrected chi connectivity index (χ3v) is 2.37. The number of aromatic nitrogens is 1. The molecule has 0 radical (unpaired) electrons. The number of carboxylic acids is 1. The van der Waals surface area contributed by atoms with Crippen LogP contribution in [0.2, 0.25) is 0 Å². The number of nitrogen functional groups attached to an aromatic ring is 1. The molecule has 2 rings (SSSR count). The van der Waals surface area contributed by atoms with Gasteiger partial charge in [0.15, 0.2) is 11.6 Å². The van der Waals surface area contributed by atoms with Crippen LogP contribution in [0.15, 0.2) is 42.6 Å². The number of benzene rings is 1. The summed E-state index contributed by atoms with van der Waals surface area (Å²) in [6.45, 7) is 0.315. The van der Waals surface area contributed by atoms with Crippen molar-refractivity contribution in [3.8, 4) is 5.75 Å². The third-order valence-electron chi connectivity index (χ3n) is 2.37. The molecule has 2 aromatic rings. The molecule has 0 unspecified atom stereocenters. The SMILES string of the molecule is Nc1ncc(C(=O)O)cc1OCc1ccccc1. The van der Waals surface area contributed by atoms with Gasteiger partial charge in [-0.15, -0.1) is 0 Å². The van der Waals surface area contributed by atoms with E-state index in [1.807, 2.05) is 30.3 Å². The normalized spacial score (nSPS) is 10.0. The molecule has 0 aliphatic carbocycles. The second-order valence-corrected chi connectivity index (χ2v) is 3.69. The highest BCUT2D eigenvalue weighted by atomic mass is 16.5. The van der Waals surface area contributed by atoms with Crippen molar-refractivity contribution in [3.05, 3.63) is 53.7 Å². The molecule has 0 aliphatic heterocycles. The monoisotopic (exact) mass is 244 g/mol. The molecular formula is C13H12N2O3. The largest absolute Gasteiger partial charge is 0.485 e. The van der Waals surface area contributed by atoms with Gasteiger partial charge in [-0.25, -0.2) is 9.78 Å². The maximum atomic E-state index is 10.8. The second-order valence-electron chi connectivity index (χ2n) is 3.69. The number of carboxylic acid groups (broad SMARTS) is 1. The van der Waals surface area contributed by atoms with Crippen molar-refractivity contribution >= 4 is 11.8 Å². The van der Waals surface area contributed by atoms with E-state index in [4.69, 9.17) is 15.6 Å². The van der Waals surface area contributed by atoms with Crippen LogP contribution in [0.25, 0.3) is 0 Å². The zero-order valence-corrected chi connectivity index (χ0v) is 9.54. The van der Waals surface area contributed by atoms with Gasteiger partial charge in [-0.3, -0.25) is 0 Å². The van der Waals surface area contributed by atoms with E-state index in [0.717, 1.165) is 5.56 Å². The van der Waals surface area contributed by atoms with Crippen molar-refractivity contribution in [2.45, 2.75) is 6.61 Å². The minimum absolute atomic E-state index is 0.0484. The van der Waals surface area contributed by atoms with Gasteiger partial charge >= 0.3 is 5.97 Å². The van der Waals surface area contributed by atoms with E-state index in [9.17, 15) is 4.79 Å². The van der Waals surface area contributed by atoms with Crippen molar-refractivity contribution in [1.82, 2.24) is 4.98 Å². The van der Waals surface area contributed by atoms with Gasteiger partial charge in [-0.1, -0.05) is 30.3 Å². The van der Waals surface area contributed by atoms with Crippen LogP contribution in [0, 0.1) is 0 Å². The lowest BCUT2D eigenvalue weighted by Crippen LogP contribution is -2.04. The summed E-state index contributed by atoms with van der Waals surface area (Å²) in [5, 5.41) is 8.85. The van der Waals surface area contributed by atoms with Crippen LogP contribution in [0.3, 0.4) is 0 Å². The summed E-state index contributed by atoms with van der Waals surface area (Å²) in [5.41, 5.74) is 6.64. The van der Waals surface area contributed by atoms with E-state index in [1.165, 1.54) is 12.3 Å². The van der Waals surface area contributed by atoms with Gasteiger partial charge in [0.2, 0.25) is 0 Å². The average molecular weight is 244 g/mol. The van der Waals surface area contributed by atoms with Crippen LogP contribution in [0.1, 0.15) is 15.9 Å². The maximum absolute atomic E-state index is 10.8. The summed E-state index contributed by atoms with van der Waals surface area (Å²) < 4.78 is 5.46. The molecule has 0 saturated heterocycles. The molecule has 5 nitrogen and oxygen atoms in total. The van der Waals surface area contributed by atoms with Gasteiger partial charge in [0.25, 0.3) is 0 Å². The molecule has 0 saturated carbocycles. The van der Waals surface area contributed by atoms with Gasteiger partial charge in [0.05, 0.1) is 5.56 Å². The molecule has 0 spiro atoms. The van der Waals surface area contributed by atoms with Gasteiger partial charge in [0.1, 0.15) is 6.61 Å². The minimum atomic E-state index is -1.06. The Kier molecular flexibility index (Phi) is 3.43. The molecule has 1 aromatic carbocycles. The Bertz CT molecular complexity index is 555. The van der Waals surface area contributed by atoms with Crippen LogP contribution in [-0.4, -0.2) is 16.1 Å². The number of anilines is 1. The van der Waals surface area contributed by atoms with Gasteiger partial charge in [-0.05, 0) is 5.56 Å². The lowest BCUT2D eigenvalue weighted by Gasteiger charge is -2.08. The Labute approximate surface area is 104 Å². The molecule has 5 heteroatoms. The minimum Gasteiger partial charge on any atom is -0.485 e. The summed E-state index contributed by atoms with van der Waals surface area (Å²) in [7, 11) is 0. The molecule has 3 N–H and O–H groups in total. The summed E-state index contributed by atoms with van der Waals surface area (Å²) in [4.78, 5) is 14.6. The predicted octanol–water partition coefficient (Wildman–Crippen LogP) is 1.94. The second kappa shape index (κ2) is 5.18. The summed E-state index contributed by atoms with van der Waals surface area (Å²) in [6.07, 6.45) is 1.20. The van der Waals surface area contributed by atoms with Crippen molar-refractivity contribution in [2.75, 3.05) is 5.73 Å². The highest BCUT2D eigenvalue weighted by molar-refractivity contribution is 5.88. The zero-order valence-electron chi connectivity index (χ0n) is 9.54. The number of carbonyl (C=O) groups is 1. The topological polar surface area (TPSA) is 85.4 Å². The molecule has 0 amide bonds. The first-order valence-electron chi connectivity index (χ1n) is 5.32. The Morgan fingerprint density at radius 2 is 2.06 bits per heavy atom. The Balaban J connectivity index is 2.14. The standard InChI is InChI=1S/C13H12N2O3/c14-12-11(6-10(7-15-12)13(16)17)18-8-9-4-2-1-3-5-9/h1-7H,8H2,(H2,14,15)(H,16,17). The molecule has 0 bridgehead atoms. The first kappa shape index (κ1) is 11.9. The van der Waals surface area contributed by atoms with Gasteiger partial charge in [-0.2, -0.15) is 0 Å². The fraction of sp³-hybridized carbons (Fsp3) is 0.0769. The Morgan fingerprint density at radius 1 is 1.33 bits per heavy atom. The van der Waals surface area contributed by atoms with Crippen LogP contribution in [-0.2, 0) is 6.61 Å². The van der Waals surface area contributed by atoms with Crippen LogP contribution < -0.4 is 10.5 Å². The summed E-state index contributed by atoms with van der Waals surface area (Å²) in [5.74, 6) is -0.609. The van der Waals surface area contributed by atoms with E-state index in [0.29, 0.717) is 6.61 Å². The number of ether oxygens (including phenoxy) is 1. The number of rotatable bonds is 4. The van der Waals surface area contributed by atoms with Crippen LogP contribution in [0.5, 0.6) is 5.75 Å². The lowest BCUT2D eigenvalue weighted by molar-refractivity contribution is 0.0696. The molecule has 0 atom stereocenters. The number of hydrogen-bond acceptors (Lipinski definition) is 4. The van der Waals surface area contributed by atoms with Crippen molar-refractivity contribution in [1.29, 1.82) is 0 Å². The summed E-state index contributed by atoms with van der Waals surface area (Å²) >= 11 is 0. The fourth-order valence-electron chi connectivity index (χ4n) is 1.42. The highest BCUT2D eigenvalue weighted by Crippen LogP contribution is 2.21. The zero-order chi connectivity index (χ0) is 13.0.